The number of rotatable bonds is 7. The number of carbonyl (C=O) groups is 1. The Bertz CT molecular complexity index is 931. The Morgan fingerprint density at radius 2 is 1.77 bits per heavy atom. The topological polar surface area (TPSA) is 108 Å². The second-order valence-electron chi connectivity index (χ2n) is 5.03. The molecule has 0 aliphatic carbocycles. The van der Waals surface area contributed by atoms with Gasteiger partial charge in [0.15, 0.2) is 5.57 Å². The summed E-state index contributed by atoms with van der Waals surface area (Å²) in [7, 11) is -3.71. The van der Waals surface area contributed by atoms with Gasteiger partial charge in [-0.1, -0.05) is 18.2 Å². The minimum atomic E-state index is -3.71. The van der Waals surface area contributed by atoms with E-state index in [1.165, 1.54) is 30.5 Å². The summed E-state index contributed by atoms with van der Waals surface area (Å²) in [4.78, 5) is 11.6. The number of sulfonamides is 1. The normalized spacial score (nSPS) is 11.3. The molecule has 8 heteroatoms. The van der Waals surface area contributed by atoms with Gasteiger partial charge in [0.05, 0.1) is 11.5 Å². The number of hydrogen-bond acceptors (Lipinski definition) is 6. The predicted molar refractivity (Wildman–Crippen MR) is 97.6 cm³/mol. The standard InChI is InChI=1S/C18H17N3O4S/c1-2-25-18(22)14(12-19)13-20-15-8-10-17(11-9-15)26(23,24)21-16-6-4-3-5-7-16/h3-11,13,20-21H,2H2,1H3/b14-13-. The van der Waals surface area contributed by atoms with Gasteiger partial charge in [0.1, 0.15) is 6.07 Å². The molecule has 0 saturated carbocycles. The SMILES string of the molecule is CCOC(=O)/C(C#N)=C\Nc1ccc(S(=O)(=O)Nc2ccccc2)cc1. The van der Waals surface area contributed by atoms with E-state index in [-0.39, 0.29) is 17.1 Å². The number of nitrogens with zero attached hydrogens (tertiary/aromatic N) is 1. The van der Waals surface area contributed by atoms with Crippen molar-refractivity contribution in [3.05, 3.63) is 66.4 Å². The molecule has 7 nitrogen and oxygen atoms in total. The molecular weight excluding hydrogens is 354 g/mol. The van der Waals surface area contributed by atoms with Crippen LogP contribution in [0.4, 0.5) is 11.4 Å². The molecule has 0 bridgehead atoms. The summed E-state index contributed by atoms with van der Waals surface area (Å²) in [5.74, 6) is -0.728. The van der Waals surface area contributed by atoms with E-state index in [0.717, 1.165) is 0 Å². The van der Waals surface area contributed by atoms with Crippen LogP contribution in [0.15, 0.2) is 71.3 Å². The van der Waals surface area contributed by atoms with Crippen LogP contribution in [0.25, 0.3) is 0 Å². The van der Waals surface area contributed by atoms with E-state index in [1.807, 2.05) is 0 Å². The van der Waals surface area contributed by atoms with Crippen LogP contribution in [-0.4, -0.2) is 21.0 Å². The smallest absolute Gasteiger partial charge is 0.350 e. The largest absolute Gasteiger partial charge is 0.462 e. The first kappa shape index (κ1) is 19.0. The summed E-state index contributed by atoms with van der Waals surface area (Å²) in [5, 5.41) is 11.7. The first-order chi connectivity index (χ1) is 12.5. The maximum Gasteiger partial charge on any atom is 0.350 e. The van der Waals surface area contributed by atoms with Gasteiger partial charge in [0.2, 0.25) is 0 Å². The second-order valence-corrected chi connectivity index (χ2v) is 6.71. The quantitative estimate of drug-likeness (QED) is 0.440. The minimum absolute atomic E-state index is 0.0850. The summed E-state index contributed by atoms with van der Waals surface area (Å²) in [6.45, 7) is 1.81. The number of nitrogens with one attached hydrogen (secondary N) is 2. The third-order valence-electron chi connectivity index (χ3n) is 3.19. The molecule has 134 valence electrons. The highest BCUT2D eigenvalue weighted by molar-refractivity contribution is 7.92. The summed E-state index contributed by atoms with van der Waals surface area (Å²) < 4.78 is 31.9. The molecule has 0 aliphatic heterocycles. The number of nitriles is 1. The lowest BCUT2D eigenvalue weighted by molar-refractivity contribution is -0.138. The molecule has 0 spiro atoms. The van der Waals surface area contributed by atoms with Crippen molar-refractivity contribution in [2.75, 3.05) is 16.6 Å². The van der Waals surface area contributed by atoms with Crippen LogP contribution in [0, 0.1) is 11.3 Å². The lowest BCUT2D eigenvalue weighted by Crippen LogP contribution is -2.12. The van der Waals surface area contributed by atoms with E-state index in [1.54, 1.807) is 43.3 Å². The third-order valence-corrected chi connectivity index (χ3v) is 4.59. The zero-order chi connectivity index (χ0) is 19.0. The molecule has 0 aliphatic rings. The highest BCUT2D eigenvalue weighted by atomic mass is 32.2. The highest BCUT2D eigenvalue weighted by Crippen LogP contribution is 2.18. The Balaban J connectivity index is 2.10. The highest BCUT2D eigenvalue weighted by Gasteiger charge is 2.14. The van der Waals surface area contributed by atoms with E-state index >= 15 is 0 Å². The average molecular weight is 371 g/mol. The number of ether oxygens (including phenoxy) is 1. The van der Waals surface area contributed by atoms with Crippen molar-refractivity contribution in [1.29, 1.82) is 5.26 Å². The predicted octanol–water partition coefficient (Wildman–Crippen LogP) is 2.87. The molecule has 2 N–H and O–H groups in total. The van der Waals surface area contributed by atoms with Crippen LogP contribution in [-0.2, 0) is 19.6 Å². The van der Waals surface area contributed by atoms with Crippen molar-refractivity contribution in [3.63, 3.8) is 0 Å². The summed E-state index contributed by atoms with van der Waals surface area (Å²) in [6.07, 6.45) is 1.21. The third kappa shape index (κ3) is 5.09. The molecular formula is C18H17N3O4S. The fourth-order valence-electron chi connectivity index (χ4n) is 1.95. The van der Waals surface area contributed by atoms with Crippen LogP contribution in [0.2, 0.25) is 0 Å². The van der Waals surface area contributed by atoms with Crippen LogP contribution >= 0.6 is 0 Å². The van der Waals surface area contributed by atoms with E-state index in [9.17, 15) is 13.2 Å². The lowest BCUT2D eigenvalue weighted by Gasteiger charge is -2.09. The summed E-state index contributed by atoms with van der Waals surface area (Å²) >= 11 is 0. The van der Waals surface area contributed by atoms with Crippen molar-refractivity contribution >= 4 is 27.4 Å². The van der Waals surface area contributed by atoms with Crippen LogP contribution in [0.1, 0.15) is 6.92 Å². The van der Waals surface area contributed by atoms with Gasteiger partial charge in [0.25, 0.3) is 10.0 Å². The van der Waals surface area contributed by atoms with Gasteiger partial charge < -0.3 is 10.1 Å². The molecule has 0 saturated heterocycles. The van der Waals surface area contributed by atoms with Crippen molar-refractivity contribution < 1.29 is 17.9 Å². The van der Waals surface area contributed by atoms with Gasteiger partial charge in [-0.2, -0.15) is 5.26 Å². The maximum absolute atomic E-state index is 12.3. The Morgan fingerprint density at radius 3 is 2.35 bits per heavy atom. The zero-order valence-electron chi connectivity index (χ0n) is 14.0. The fraction of sp³-hybridized carbons (Fsp3) is 0.111. The van der Waals surface area contributed by atoms with E-state index in [4.69, 9.17) is 10.00 Å². The molecule has 2 aromatic carbocycles. The van der Waals surface area contributed by atoms with Crippen LogP contribution in [0.5, 0.6) is 0 Å². The molecule has 0 unspecified atom stereocenters. The van der Waals surface area contributed by atoms with Crippen molar-refractivity contribution in [1.82, 2.24) is 0 Å². The van der Waals surface area contributed by atoms with Gasteiger partial charge in [-0.25, -0.2) is 13.2 Å². The number of para-hydroxylation sites is 1. The number of benzene rings is 2. The lowest BCUT2D eigenvalue weighted by atomic mass is 10.3. The van der Waals surface area contributed by atoms with E-state index in [2.05, 4.69) is 10.0 Å². The average Bonchev–Trinajstić information content (AvgIpc) is 2.63. The maximum atomic E-state index is 12.3. The first-order valence-corrected chi connectivity index (χ1v) is 9.16. The molecule has 0 atom stereocenters. The van der Waals surface area contributed by atoms with Gasteiger partial charge in [-0.3, -0.25) is 4.72 Å². The van der Waals surface area contributed by atoms with Crippen LogP contribution < -0.4 is 10.0 Å². The van der Waals surface area contributed by atoms with Crippen molar-refractivity contribution in [2.45, 2.75) is 11.8 Å². The monoisotopic (exact) mass is 371 g/mol. The van der Waals surface area contributed by atoms with Gasteiger partial charge >= 0.3 is 5.97 Å². The Hall–Kier alpha value is -3.31. The molecule has 26 heavy (non-hydrogen) atoms. The molecule has 2 aromatic rings. The molecule has 0 aromatic heterocycles. The summed E-state index contributed by atoms with van der Waals surface area (Å²) in [6, 6.07) is 16.2. The second kappa shape index (κ2) is 8.69. The number of esters is 1. The van der Waals surface area contributed by atoms with Gasteiger partial charge in [0, 0.05) is 17.6 Å². The van der Waals surface area contributed by atoms with E-state index < -0.39 is 16.0 Å². The molecule has 0 amide bonds. The Kier molecular flexibility index (Phi) is 6.36. The molecule has 0 fully saturated rings. The van der Waals surface area contributed by atoms with Gasteiger partial charge in [-0.15, -0.1) is 0 Å². The van der Waals surface area contributed by atoms with Crippen molar-refractivity contribution in [2.24, 2.45) is 0 Å². The minimum Gasteiger partial charge on any atom is -0.462 e. The van der Waals surface area contributed by atoms with E-state index in [0.29, 0.717) is 11.4 Å². The Labute approximate surface area is 152 Å². The van der Waals surface area contributed by atoms with Crippen molar-refractivity contribution in [3.8, 4) is 6.07 Å². The molecule has 2 rings (SSSR count). The zero-order valence-corrected chi connectivity index (χ0v) is 14.8. The number of hydrogen-bond donors (Lipinski definition) is 2. The first-order valence-electron chi connectivity index (χ1n) is 7.68. The number of anilines is 2. The molecule has 0 heterocycles. The summed E-state index contributed by atoms with van der Waals surface area (Å²) in [5.41, 5.74) is 0.792. The van der Waals surface area contributed by atoms with Gasteiger partial charge in [-0.05, 0) is 43.3 Å². The Morgan fingerprint density at radius 1 is 1.12 bits per heavy atom. The fourth-order valence-corrected chi connectivity index (χ4v) is 3.01. The van der Waals surface area contributed by atoms with Crippen LogP contribution in [0.3, 0.4) is 0 Å². The number of carbonyl (C=O) groups excluding carboxylic acids is 1. The molecule has 0 radical (unpaired) electrons.